The first-order valence-electron chi connectivity index (χ1n) is 8.66. The quantitative estimate of drug-likeness (QED) is 0.584. The number of benzene rings is 1. The second kappa shape index (κ2) is 7.52. The molecule has 0 aliphatic heterocycles. The van der Waals surface area contributed by atoms with Crippen molar-refractivity contribution in [3.8, 4) is 5.75 Å². The van der Waals surface area contributed by atoms with Gasteiger partial charge in [0.15, 0.2) is 6.61 Å². The highest BCUT2D eigenvalue weighted by molar-refractivity contribution is 9.10. The summed E-state index contributed by atoms with van der Waals surface area (Å²) in [7, 11) is 0. The molecular formula is C20H17BrN2O4. The molecule has 0 atom stereocenters. The summed E-state index contributed by atoms with van der Waals surface area (Å²) in [5, 5.41) is 0. The third-order valence-electron chi connectivity index (χ3n) is 4.48. The van der Waals surface area contributed by atoms with Crippen molar-refractivity contribution in [1.82, 2.24) is 9.38 Å². The number of nitrogens with zero attached hydrogens (tertiary/aromatic N) is 2. The van der Waals surface area contributed by atoms with Gasteiger partial charge in [0.25, 0.3) is 5.56 Å². The zero-order valence-corrected chi connectivity index (χ0v) is 16.1. The highest BCUT2D eigenvalue weighted by atomic mass is 79.9. The van der Waals surface area contributed by atoms with Crippen LogP contribution in [-0.4, -0.2) is 22.0 Å². The number of fused-ring (bicyclic) bond motifs is 2. The SMILES string of the molecule is O=C(COc1ccc2c(c1)CCC2)OCc1cc(=O)n2cc(Br)ccc2n1. The van der Waals surface area contributed by atoms with Gasteiger partial charge >= 0.3 is 5.97 Å². The number of ether oxygens (including phenoxy) is 2. The molecule has 0 saturated heterocycles. The number of esters is 1. The monoisotopic (exact) mass is 428 g/mol. The first-order chi connectivity index (χ1) is 13.1. The first-order valence-corrected chi connectivity index (χ1v) is 9.46. The number of carbonyl (C=O) groups excluding carboxylic acids is 1. The van der Waals surface area contributed by atoms with E-state index in [4.69, 9.17) is 9.47 Å². The van der Waals surface area contributed by atoms with Crippen LogP contribution in [0.5, 0.6) is 5.75 Å². The minimum absolute atomic E-state index is 0.0752. The van der Waals surface area contributed by atoms with Gasteiger partial charge in [-0.25, -0.2) is 9.78 Å². The fourth-order valence-corrected chi connectivity index (χ4v) is 3.51. The van der Waals surface area contributed by atoms with Crippen LogP contribution in [0.1, 0.15) is 23.2 Å². The second-order valence-corrected chi connectivity index (χ2v) is 7.31. The molecule has 0 spiro atoms. The third kappa shape index (κ3) is 4.03. The summed E-state index contributed by atoms with van der Waals surface area (Å²) >= 11 is 3.32. The fourth-order valence-electron chi connectivity index (χ4n) is 3.18. The van der Waals surface area contributed by atoms with Gasteiger partial charge in [0, 0.05) is 16.7 Å². The molecule has 27 heavy (non-hydrogen) atoms. The normalized spacial score (nSPS) is 12.8. The number of carbonyl (C=O) groups is 1. The van der Waals surface area contributed by atoms with E-state index in [2.05, 4.69) is 20.9 Å². The first kappa shape index (κ1) is 17.7. The van der Waals surface area contributed by atoms with E-state index < -0.39 is 5.97 Å². The van der Waals surface area contributed by atoms with Crippen molar-refractivity contribution in [1.29, 1.82) is 0 Å². The Bertz CT molecular complexity index is 1080. The lowest BCUT2D eigenvalue weighted by Gasteiger charge is -2.09. The van der Waals surface area contributed by atoms with E-state index >= 15 is 0 Å². The van der Waals surface area contributed by atoms with Crippen LogP contribution in [-0.2, 0) is 29.0 Å². The molecule has 3 aromatic rings. The summed E-state index contributed by atoms with van der Waals surface area (Å²) in [6, 6.07) is 10.8. The second-order valence-electron chi connectivity index (χ2n) is 6.39. The standard InChI is InChI=1S/C20H17BrN2O4/c21-15-5-7-18-22-16(9-19(24)23(18)10-15)11-27-20(25)12-26-17-6-4-13-2-1-3-14(13)8-17/h4-10H,1-3,11-12H2. The van der Waals surface area contributed by atoms with Crippen molar-refractivity contribution in [2.45, 2.75) is 25.9 Å². The highest BCUT2D eigenvalue weighted by Crippen LogP contribution is 2.26. The molecule has 2 heterocycles. The number of rotatable bonds is 5. The minimum atomic E-state index is -0.506. The number of aryl methyl sites for hydroxylation is 2. The molecule has 0 N–H and O–H groups in total. The molecule has 0 amide bonds. The van der Waals surface area contributed by atoms with Crippen LogP contribution >= 0.6 is 15.9 Å². The Balaban J connectivity index is 1.36. The van der Waals surface area contributed by atoms with E-state index in [1.165, 1.54) is 21.6 Å². The Labute approximate surface area is 163 Å². The summed E-state index contributed by atoms with van der Waals surface area (Å²) in [6.07, 6.45) is 4.96. The summed E-state index contributed by atoms with van der Waals surface area (Å²) in [4.78, 5) is 28.4. The zero-order valence-electron chi connectivity index (χ0n) is 14.5. The van der Waals surface area contributed by atoms with Crippen LogP contribution in [0.25, 0.3) is 5.65 Å². The van der Waals surface area contributed by atoms with Gasteiger partial charge in [-0.2, -0.15) is 0 Å². The number of hydrogen-bond acceptors (Lipinski definition) is 5. The molecule has 2 aromatic heterocycles. The molecule has 138 valence electrons. The molecule has 1 aliphatic rings. The van der Waals surface area contributed by atoms with Crippen LogP contribution in [0.3, 0.4) is 0 Å². The molecule has 4 rings (SSSR count). The van der Waals surface area contributed by atoms with Gasteiger partial charge in [0.2, 0.25) is 0 Å². The van der Waals surface area contributed by atoms with Gasteiger partial charge in [0.1, 0.15) is 18.0 Å². The van der Waals surface area contributed by atoms with Crippen molar-refractivity contribution < 1.29 is 14.3 Å². The summed E-state index contributed by atoms with van der Waals surface area (Å²) in [6.45, 7) is -0.257. The van der Waals surface area contributed by atoms with Crippen molar-refractivity contribution in [3.05, 3.63) is 74.2 Å². The molecular weight excluding hydrogens is 412 g/mol. The number of pyridine rings is 1. The maximum absolute atomic E-state index is 12.1. The van der Waals surface area contributed by atoms with E-state index in [9.17, 15) is 9.59 Å². The summed E-state index contributed by atoms with van der Waals surface area (Å²) in [5.41, 5.74) is 3.29. The summed E-state index contributed by atoms with van der Waals surface area (Å²) in [5.74, 6) is 0.161. The molecule has 7 heteroatoms. The van der Waals surface area contributed by atoms with E-state index in [1.807, 2.05) is 18.2 Å². The number of aromatic nitrogens is 2. The lowest BCUT2D eigenvalue weighted by Crippen LogP contribution is -2.18. The smallest absolute Gasteiger partial charge is 0.344 e. The number of hydrogen-bond donors (Lipinski definition) is 0. The molecule has 0 bridgehead atoms. The van der Waals surface area contributed by atoms with Crippen LogP contribution in [0.15, 0.2) is 51.9 Å². The van der Waals surface area contributed by atoms with E-state index in [0.29, 0.717) is 17.1 Å². The molecule has 1 aromatic carbocycles. The predicted octanol–water partition coefficient (Wildman–Crippen LogP) is 3.07. The van der Waals surface area contributed by atoms with Crippen LogP contribution in [0.2, 0.25) is 0 Å². The van der Waals surface area contributed by atoms with E-state index in [1.54, 1.807) is 18.3 Å². The lowest BCUT2D eigenvalue weighted by atomic mass is 10.1. The number of halogens is 1. The molecule has 6 nitrogen and oxygen atoms in total. The Morgan fingerprint density at radius 3 is 2.89 bits per heavy atom. The predicted molar refractivity (Wildman–Crippen MR) is 103 cm³/mol. The maximum atomic E-state index is 12.1. The molecule has 0 saturated carbocycles. The van der Waals surface area contributed by atoms with Crippen LogP contribution in [0, 0.1) is 0 Å². The van der Waals surface area contributed by atoms with E-state index in [-0.39, 0.29) is 18.8 Å². The van der Waals surface area contributed by atoms with Gasteiger partial charge in [-0.1, -0.05) is 6.07 Å². The van der Waals surface area contributed by atoms with Crippen molar-refractivity contribution in [2.24, 2.45) is 0 Å². The molecule has 0 unspecified atom stereocenters. The van der Waals surface area contributed by atoms with Crippen molar-refractivity contribution in [2.75, 3.05) is 6.61 Å². The molecule has 0 fully saturated rings. The lowest BCUT2D eigenvalue weighted by molar-refractivity contribution is -0.147. The average molecular weight is 429 g/mol. The van der Waals surface area contributed by atoms with Gasteiger partial charge in [-0.05, 0) is 70.6 Å². The minimum Gasteiger partial charge on any atom is -0.482 e. The van der Waals surface area contributed by atoms with Crippen LogP contribution in [0.4, 0.5) is 0 Å². The van der Waals surface area contributed by atoms with Crippen molar-refractivity contribution in [3.63, 3.8) is 0 Å². The highest BCUT2D eigenvalue weighted by Gasteiger charge is 2.12. The Hall–Kier alpha value is -2.67. The zero-order chi connectivity index (χ0) is 18.8. The Kier molecular flexibility index (Phi) is 4.94. The largest absolute Gasteiger partial charge is 0.482 e. The van der Waals surface area contributed by atoms with Gasteiger partial charge < -0.3 is 9.47 Å². The van der Waals surface area contributed by atoms with Crippen LogP contribution < -0.4 is 10.3 Å². The third-order valence-corrected chi connectivity index (χ3v) is 4.95. The topological polar surface area (TPSA) is 69.9 Å². The average Bonchev–Trinajstić information content (AvgIpc) is 3.13. The molecule has 1 aliphatic carbocycles. The van der Waals surface area contributed by atoms with Gasteiger partial charge in [-0.3, -0.25) is 9.20 Å². The summed E-state index contributed by atoms with van der Waals surface area (Å²) < 4.78 is 12.9. The fraction of sp³-hybridized carbons (Fsp3) is 0.250. The van der Waals surface area contributed by atoms with E-state index in [0.717, 1.165) is 23.7 Å². The van der Waals surface area contributed by atoms with Gasteiger partial charge in [-0.15, -0.1) is 0 Å². The van der Waals surface area contributed by atoms with Gasteiger partial charge in [0.05, 0.1) is 5.69 Å². The Morgan fingerprint density at radius 2 is 2.00 bits per heavy atom. The van der Waals surface area contributed by atoms with Crippen molar-refractivity contribution >= 4 is 27.5 Å². The molecule has 0 radical (unpaired) electrons. The Morgan fingerprint density at radius 1 is 1.15 bits per heavy atom. The maximum Gasteiger partial charge on any atom is 0.344 e.